The second-order valence-corrected chi connectivity index (χ2v) is 6.98. The maximum Gasteiger partial charge on any atom is 0.220 e. The van der Waals surface area contributed by atoms with E-state index in [0.29, 0.717) is 18.5 Å². The summed E-state index contributed by atoms with van der Waals surface area (Å²) in [7, 11) is 0. The van der Waals surface area contributed by atoms with Crippen LogP contribution in [0.1, 0.15) is 35.4 Å². The van der Waals surface area contributed by atoms with Crippen molar-refractivity contribution in [1.82, 2.24) is 10.3 Å². The second kappa shape index (κ2) is 8.41. The second-order valence-electron chi connectivity index (χ2n) is 5.87. The molecule has 3 aromatic rings. The van der Waals surface area contributed by atoms with E-state index in [1.165, 1.54) is 4.70 Å². The minimum Gasteiger partial charge on any atom is -0.352 e. The molecule has 1 aromatic heterocycles. The van der Waals surface area contributed by atoms with Gasteiger partial charge in [0.1, 0.15) is 0 Å². The van der Waals surface area contributed by atoms with Crippen LogP contribution < -0.4 is 5.32 Å². The highest BCUT2D eigenvalue weighted by atomic mass is 32.1. The topological polar surface area (TPSA) is 65.8 Å². The van der Waals surface area contributed by atoms with Crippen LogP contribution in [0.5, 0.6) is 0 Å². The zero-order valence-electron chi connectivity index (χ0n) is 13.9. The van der Waals surface area contributed by atoms with Crippen molar-refractivity contribution in [1.29, 1.82) is 5.26 Å². The average Bonchev–Trinajstić information content (AvgIpc) is 3.07. The first-order valence-electron chi connectivity index (χ1n) is 8.35. The smallest absolute Gasteiger partial charge is 0.220 e. The fourth-order valence-electron chi connectivity index (χ4n) is 2.57. The number of thiazole rings is 1. The Morgan fingerprint density at radius 1 is 1.12 bits per heavy atom. The maximum atomic E-state index is 11.9. The van der Waals surface area contributed by atoms with Crippen molar-refractivity contribution in [3.8, 4) is 6.07 Å². The lowest BCUT2D eigenvalue weighted by Gasteiger charge is -2.05. The van der Waals surface area contributed by atoms with Gasteiger partial charge in [-0.25, -0.2) is 4.98 Å². The molecule has 0 saturated carbocycles. The van der Waals surface area contributed by atoms with Gasteiger partial charge in [0.2, 0.25) is 5.91 Å². The Balaban J connectivity index is 1.36. The normalized spacial score (nSPS) is 10.5. The highest BCUT2D eigenvalue weighted by Gasteiger charge is 2.05. The Morgan fingerprint density at radius 3 is 2.68 bits per heavy atom. The predicted octanol–water partition coefficient (Wildman–Crippen LogP) is 4.20. The van der Waals surface area contributed by atoms with Gasteiger partial charge in [0, 0.05) is 13.0 Å². The number of amides is 1. The summed E-state index contributed by atoms with van der Waals surface area (Å²) < 4.78 is 1.22. The summed E-state index contributed by atoms with van der Waals surface area (Å²) in [6, 6.07) is 17.5. The summed E-state index contributed by atoms with van der Waals surface area (Å²) in [5.41, 5.74) is 2.69. The Bertz CT molecular complexity index is 860. The molecular formula is C20H19N3OS. The summed E-state index contributed by atoms with van der Waals surface area (Å²) in [4.78, 5) is 16.5. The molecule has 0 aliphatic carbocycles. The molecule has 0 atom stereocenters. The minimum atomic E-state index is 0.0636. The molecule has 3 rings (SSSR count). The highest BCUT2D eigenvalue weighted by Crippen LogP contribution is 2.22. The van der Waals surface area contributed by atoms with Crippen LogP contribution in [-0.4, -0.2) is 10.9 Å². The first-order chi connectivity index (χ1) is 12.2. The molecule has 0 bridgehead atoms. The standard InChI is InChI=1S/C20H19N3OS/c21-13-15-9-11-16(12-10-15)14-22-19(24)7-3-4-8-20-23-17-5-1-2-6-18(17)25-20/h1-2,5-6,9-12H,3-4,7-8,14H2,(H,22,24). The van der Waals surface area contributed by atoms with Crippen molar-refractivity contribution in [2.75, 3.05) is 0 Å². The van der Waals surface area contributed by atoms with Gasteiger partial charge in [-0.3, -0.25) is 4.79 Å². The molecule has 0 radical (unpaired) electrons. The lowest BCUT2D eigenvalue weighted by molar-refractivity contribution is -0.121. The van der Waals surface area contributed by atoms with E-state index < -0.39 is 0 Å². The van der Waals surface area contributed by atoms with Crippen LogP contribution in [0.3, 0.4) is 0 Å². The molecule has 0 spiro atoms. The molecule has 5 heteroatoms. The van der Waals surface area contributed by atoms with Gasteiger partial charge in [0.25, 0.3) is 0 Å². The number of aryl methyl sites for hydroxylation is 1. The van der Waals surface area contributed by atoms with Gasteiger partial charge in [0.05, 0.1) is 26.9 Å². The predicted molar refractivity (Wildman–Crippen MR) is 100 cm³/mol. The summed E-state index contributed by atoms with van der Waals surface area (Å²) >= 11 is 1.73. The number of nitriles is 1. The van der Waals surface area contributed by atoms with E-state index in [4.69, 9.17) is 5.26 Å². The first-order valence-corrected chi connectivity index (χ1v) is 9.16. The SMILES string of the molecule is N#Cc1ccc(CNC(=O)CCCCc2nc3ccccc3s2)cc1. The molecule has 0 unspecified atom stereocenters. The van der Waals surface area contributed by atoms with Crippen molar-refractivity contribution in [2.45, 2.75) is 32.2 Å². The lowest BCUT2D eigenvalue weighted by Crippen LogP contribution is -2.22. The van der Waals surface area contributed by atoms with Crippen molar-refractivity contribution in [2.24, 2.45) is 0 Å². The van der Waals surface area contributed by atoms with E-state index in [9.17, 15) is 4.79 Å². The van der Waals surface area contributed by atoms with Crippen molar-refractivity contribution in [3.05, 3.63) is 64.7 Å². The summed E-state index contributed by atoms with van der Waals surface area (Å²) in [5, 5.41) is 12.8. The molecule has 0 saturated heterocycles. The molecule has 4 nitrogen and oxygen atoms in total. The molecule has 126 valence electrons. The molecule has 0 aliphatic heterocycles. The van der Waals surface area contributed by atoms with Gasteiger partial charge < -0.3 is 5.32 Å². The van der Waals surface area contributed by atoms with E-state index >= 15 is 0 Å². The van der Waals surface area contributed by atoms with Gasteiger partial charge in [-0.2, -0.15) is 5.26 Å². The van der Waals surface area contributed by atoms with Crippen LogP contribution >= 0.6 is 11.3 Å². The molecule has 1 heterocycles. The van der Waals surface area contributed by atoms with Crippen LogP contribution in [0.4, 0.5) is 0 Å². The number of para-hydroxylation sites is 1. The molecule has 1 N–H and O–H groups in total. The van der Waals surface area contributed by atoms with E-state index in [-0.39, 0.29) is 5.91 Å². The number of hydrogen-bond acceptors (Lipinski definition) is 4. The zero-order valence-corrected chi connectivity index (χ0v) is 14.7. The third-order valence-electron chi connectivity index (χ3n) is 3.96. The lowest BCUT2D eigenvalue weighted by atomic mass is 10.1. The van der Waals surface area contributed by atoms with Gasteiger partial charge in [-0.1, -0.05) is 24.3 Å². The van der Waals surface area contributed by atoms with Crippen LogP contribution in [0.15, 0.2) is 48.5 Å². The number of benzene rings is 2. The third-order valence-corrected chi connectivity index (χ3v) is 5.05. The first kappa shape index (κ1) is 17.1. The van der Waals surface area contributed by atoms with Gasteiger partial charge >= 0.3 is 0 Å². The Labute approximate surface area is 151 Å². The summed E-state index contributed by atoms with van der Waals surface area (Å²) in [6.07, 6.45) is 3.27. The van der Waals surface area contributed by atoms with E-state index in [2.05, 4.69) is 22.4 Å². The number of unbranched alkanes of at least 4 members (excludes halogenated alkanes) is 1. The van der Waals surface area contributed by atoms with Gasteiger partial charge in [-0.05, 0) is 49.1 Å². The number of carbonyl (C=O) groups is 1. The number of hydrogen-bond donors (Lipinski definition) is 1. The molecule has 2 aromatic carbocycles. The van der Waals surface area contributed by atoms with Crippen molar-refractivity contribution < 1.29 is 4.79 Å². The van der Waals surface area contributed by atoms with E-state index in [1.807, 2.05) is 30.3 Å². The van der Waals surface area contributed by atoms with Gasteiger partial charge in [-0.15, -0.1) is 11.3 Å². The minimum absolute atomic E-state index is 0.0636. The fourth-order valence-corrected chi connectivity index (χ4v) is 3.58. The Kier molecular flexibility index (Phi) is 5.76. The number of rotatable bonds is 7. The molecule has 0 aliphatic rings. The van der Waals surface area contributed by atoms with Crippen molar-refractivity contribution in [3.63, 3.8) is 0 Å². The number of nitrogens with one attached hydrogen (secondary N) is 1. The Hall–Kier alpha value is -2.71. The zero-order chi connectivity index (χ0) is 17.5. The van der Waals surface area contributed by atoms with Gasteiger partial charge in [0.15, 0.2) is 0 Å². The fraction of sp³-hybridized carbons (Fsp3) is 0.250. The Morgan fingerprint density at radius 2 is 1.92 bits per heavy atom. The average molecular weight is 349 g/mol. The molecular weight excluding hydrogens is 330 g/mol. The van der Waals surface area contributed by atoms with E-state index in [0.717, 1.165) is 35.4 Å². The highest BCUT2D eigenvalue weighted by molar-refractivity contribution is 7.18. The molecule has 0 fully saturated rings. The van der Waals surface area contributed by atoms with Crippen LogP contribution in [0.25, 0.3) is 10.2 Å². The maximum absolute atomic E-state index is 11.9. The van der Waals surface area contributed by atoms with Crippen molar-refractivity contribution >= 4 is 27.5 Å². The monoisotopic (exact) mass is 349 g/mol. The third kappa shape index (κ3) is 4.88. The summed E-state index contributed by atoms with van der Waals surface area (Å²) in [5.74, 6) is 0.0636. The van der Waals surface area contributed by atoms with Crippen LogP contribution in [0.2, 0.25) is 0 Å². The van der Waals surface area contributed by atoms with E-state index in [1.54, 1.807) is 23.5 Å². The number of carbonyl (C=O) groups excluding carboxylic acids is 1. The quantitative estimate of drug-likeness (QED) is 0.650. The summed E-state index contributed by atoms with van der Waals surface area (Å²) in [6.45, 7) is 0.502. The number of nitrogens with zero attached hydrogens (tertiary/aromatic N) is 2. The van der Waals surface area contributed by atoms with Crippen LogP contribution in [-0.2, 0) is 17.8 Å². The number of fused-ring (bicyclic) bond motifs is 1. The molecule has 25 heavy (non-hydrogen) atoms. The largest absolute Gasteiger partial charge is 0.352 e. The molecule has 1 amide bonds. The van der Waals surface area contributed by atoms with Crippen LogP contribution in [0, 0.1) is 11.3 Å². The number of aromatic nitrogens is 1.